The highest BCUT2D eigenvalue weighted by Gasteiger charge is 2.12. The van der Waals surface area contributed by atoms with E-state index in [0.29, 0.717) is 0 Å². The molecule has 1 aromatic rings. The lowest BCUT2D eigenvalue weighted by Gasteiger charge is -2.27. The SMILES string of the molecule is O=C/C=C/c1ccc(N2CCOCC2)s1. The Balaban J connectivity index is 2.05. The molecule has 1 aliphatic heterocycles. The molecule has 4 heteroatoms. The quantitative estimate of drug-likeness (QED) is 0.578. The topological polar surface area (TPSA) is 29.5 Å². The smallest absolute Gasteiger partial charge is 0.142 e. The molecule has 0 unspecified atom stereocenters. The Morgan fingerprint density at radius 1 is 1.33 bits per heavy atom. The van der Waals surface area contributed by atoms with Crippen molar-refractivity contribution in [2.75, 3.05) is 31.2 Å². The first kappa shape index (κ1) is 10.4. The first-order valence-corrected chi connectivity index (χ1v) is 5.76. The van der Waals surface area contributed by atoms with Gasteiger partial charge in [0.05, 0.1) is 18.2 Å². The van der Waals surface area contributed by atoms with Crippen LogP contribution < -0.4 is 4.90 Å². The van der Waals surface area contributed by atoms with E-state index in [1.54, 1.807) is 11.3 Å². The molecule has 0 aromatic carbocycles. The minimum Gasteiger partial charge on any atom is -0.378 e. The number of allylic oxidation sites excluding steroid dienone is 1. The Labute approximate surface area is 93.0 Å². The van der Waals surface area contributed by atoms with Gasteiger partial charge in [-0.25, -0.2) is 0 Å². The number of morpholine rings is 1. The summed E-state index contributed by atoms with van der Waals surface area (Å²) in [4.78, 5) is 13.6. The lowest BCUT2D eigenvalue weighted by atomic mass is 10.4. The molecule has 0 spiro atoms. The fourth-order valence-corrected chi connectivity index (χ4v) is 2.49. The van der Waals surface area contributed by atoms with Crippen molar-refractivity contribution in [2.24, 2.45) is 0 Å². The van der Waals surface area contributed by atoms with Crippen LogP contribution in [0, 0.1) is 0 Å². The number of aldehydes is 1. The van der Waals surface area contributed by atoms with Crippen LogP contribution in [0.3, 0.4) is 0 Å². The maximum Gasteiger partial charge on any atom is 0.142 e. The summed E-state index contributed by atoms with van der Waals surface area (Å²) in [5.74, 6) is 0. The van der Waals surface area contributed by atoms with Gasteiger partial charge in [-0.1, -0.05) is 0 Å². The van der Waals surface area contributed by atoms with Gasteiger partial charge in [0.2, 0.25) is 0 Å². The molecule has 1 aliphatic rings. The zero-order chi connectivity index (χ0) is 10.5. The maximum absolute atomic E-state index is 10.2. The second-order valence-electron chi connectivity index (χ2n) is 3.27. The summed E-state index contributed by atoms with van der Waals surface area (Å²) in [6, 6.07) is 4.13. The Kier molecular flexibility index (Phi) is 3.53. The summed E-state index contributed by atoms with van der Waals surface area (Å²) in [5, 5.41) is 1.25. The van der Waals surface area contributed by atoms with Gasteiger partial charge >= 0.3 is 0 Å². The molecule has 1 saturated heterocycles. The van der Waals surface area contributed by atoms with E-state index in [0.717, 1.165) is 37.5 Å². The van der Waals surface area contributed by atoms with Crippen LogP contribution in [0.2, 0.25) is 0 Å². The van der Waals surface area contributed by atoms with Gasteiger partial charge < -0.3 is 9.64 Å². The summed E-state index contributed by atoms with van der Waals surface area (Å²) in [7, 11) is 0. The fraction of sp³-hybridized carbons (Fsp3) is 0.364. The predicted molar refractivity (Wildman–Crippen MR) is 62.4 cm³/mol. The average Bonchev–Trinajstić information content (AvgIpc) is 2.76. The number of anilines is 1. The van der Waals surface area contributed by atoms with Gasteiger partial charge in [-0.05, 0) is 24.3 Å². The highest BCUT2D eigenvalue weighted by atomic mass is 32.1. The highest BCUT2D eigenvalue weighted by Crippen LogP contribution is 2.27. The van der Waals surface area contributed by atoms with Crippen LogP contribution >= 0.6 is 11.3 Å². The van der Waals surface area contributed by atoms with E-state index >= 15 is 0 Å². The van der Waals surface area contributed by atoms with Crippen molar-refractivity contribution in [3.05, 3.63) is 23.1 Å². The second-order valence-corrected chi connectivity index (χ2v) is 4.36. The number of ether oxygens (including phenoxy) is 1. The molecule has 0 amide bonds. The van der Waals surface area contributed by atoms with Crippen molar-refractivity contribution >= 4 is 28.7 Å². The van der Waals surface area contributed by atoms with E-state index in [1.807, 2.05) is 12.1 Å². The molecular weight excluding hydrogens is 210 g/mol. The van der Waals surface area contributed by atoms with Gasteiger partial charge in [-0.3, -0.25) is 4.79 Å². The van der Waals surface area contributed by atoms with Crippen LogP contribution in [0.25, 0.3) is 6.08 Å². The molecule has 80 valence electrons. The Hall–Kier alpha value is -1.13. The van der Waals surface area contributed by atoms with Crippen LogP contribution in [0.1, 0.15) is 4.88 Å². The van der Waals surface area contributed by atoms with Crippen molar-refractivity contribution in [1.29, 1.82) is 0 Å². The van der Waals surface area contributed by atoms with Gasteiger partial charge in [0.25, 0.3) is 0 Å². The van der Waals surface area contributed by atoms with Crippen molar-refractivity contribution in [3.8, 4) is 0 Å². The van der Waals surface area contributed by atoms with E-state index in [-0.39, 0.29) is 0 Å². The zero-order valence-electron chi connectivity index (χ0n) is 8.39. The Bertz CT molecular complexity index is 353. The minimum absolute atomic E-state index is 0.800. The first-order chi connectivity index (χ1) is 7.40. The molecule has 0 saturated carbocycles. The number of hydrogen-bond acceptors (Lipinski definition) is 4. The largest absolute Gasteiger partial charge is 0.378 e. The van der Waals surface area contributed by atoms with Crippen molar-refractivity contribution in [3.63, 3.8) is 0 Å². The lowest BCUT2D eigenvalue weighted by Crippen LogP contribution is -2.35. The third-order valence-corrected chi connectivity index (χ3v) is 3.39. The van der Waals surface area contributed by atoms with Crippen LogP contribution in [-0.4, -0.2) is 32.6 Å². The van der Waals surface area contributed by atoms with Crippen molar-refractivity contribution in [1.82, 2.24) is 0 Å². The van der Waals surface area contributed by atoms with Crippen LogP contribution in [0.4, 0.5) is 5.00 Å². The normalized spacial score (nSPS) is 17.2. The van der Waals surface area contributed by atoms with Gasteiger partial charge in [0.15, 0.2) is 0 Å². The van der Waals surface area contributed by atoms with Gasteiger partial charge in [-0.15, -0.1) is 11.3 Å². The van der Waals surface area contributed by atoms with E-state index in [4.69, 9.17) is 4.74 Å². The number of rotatable bonds is 3. The number of thiophene rings is 1. The Morgan fingerprint density at radius 3 is 2.87 bits per heavy atom. The molecule has 1 fully saturated rings. The monoisotopic (exact) mass is 223 g/mol. The van der Waals surface area contributed by atoms with E-state index < -0.39 is 0 Å². The average molecular weight is 223 g/mol. The third-order valence-electron chi connectivity index (χ3n) is 2.27. The molecule has 0 N–H and O–H groups in total. The lowest BCUT2D eigenvalue weighted by molar-refractivity contribution is -0.104. The summed E-state index contributed by atoms with van der Waals surface area (Å²) in [6.45, 7) is 3.52. The van der Waals surface area contributed by atoms with Crippen molar-refractivity contribution in [2.45, 2.75) is 0 Å². The molecule has 0 bridgehead atoms. The number of carbonyl (C=O) groups is 1. The molecule has 15 heavy (non-hydrogen) atoms. The maximum atomic E-state index is 10.2. The minimum atomic E-state index is 0.800. The summed E-state index contributed by atoms with van der Waals surface area (Å²) in [6.07, 6.45) is 4.16. The number of carbonyl (C=O) groups excluding carboxylic acids is 1. The molecule has 0 aliphatic carbocycles. The molecule has 2 heterocycles. The van der Waals surface area contributed by atoms with Gasteiger partial charge in [-0.2, -0.15) is 0 Å². The zero-order valence-corrected chi connectivity index (χ0v) is 9.20. The third kappa shape index (κ3) is 2.67. The molecule has 3 nitrogen and oxygen atoms in total. The summed E-state index contributed by atoms with van der Waals surface area (Å²) in [5.41, 5.74) is 0. The molecule has 0 atom stereocenters. The highest BCUT2D eigenvalue weighted by molar-refractivity contribution is 7.16. The number of hydrogen-bond donors (Lipinski definition) is 0. The van der Waals surface area contributed by atoms with Crippen LogP contribution in [-0.2, 0) is 9.53 Å². The van der Waals surface area contributed by atoms with E-state index in [1.165, 1.54) is 11.1 Å². The molecule has 0 radical (unpaired) electrons. The van der Waals surface area contributed by atoms with E-state index in [9.17, 15) is 4.79 Å². The summed E-state index contributed by atoms with van der Waals surface area (Å²) >= 11 is 1.70. The standard InChI is InChI=1S/C11H13NO2S/c13-7-1-2-10-3-4-11(15-10)12-5-8-14-9-6-12/h1-4,7H,5-6,8-9H2/b2-1+. The molecule has 1 aromatic heterocycles. The van der Waals surface area contributed by atoms with Crippen LogP contribution in [0.5, 0.6) is 0 Å². The van der Waals surface area contributed by atoms with Gasteiger partial charge in [0, 0.05) is 18.0 Å². The fourth-order valence-electron chi connectivity index (χ4n) is 1.52. The van der Waals surface area contributed by atoms with Crippen molar-refractivity contribution < 1.29 is 9.53 Å². The predicted octanol–water partition coefficient (Wildman–Crippen LogP) is 1.80. The van der Waals surface area contributed by atoms with Crippen LogP contribution in [0.15, 0.2) is 18.2 Å². The summed E-state index contributed by atoms with van der Waals surface area (Å²) < 4.78 is 5.30. The molecular formula is C11H13NO2S. The Morgan fingerprint density at radius 2 is 2.13 bits per heavy atom. The van der Waals surface area contributed by atoms with E-state index in [2.05, 4.69) is 11.0 Å². The second kappa shape index (κ2) is 5.09. The van der Waals surface area contributed by atoms with Gasteiger partial charge in [0.1, 0.15) is 6.29 Å². The number of nitrogens with zero attached hydrogens (tertiary/aromatic N) is 1. The molecule has 2 rings (SSSR count). The first-order valence-electron chi connectivity index (χ1n) is 4.94.